The second-order valence-corrected chi connectivity index (χ2v) is 9.59. The van der Waals surface area contributed by atoms with Crippen LogP contribution in [0, 0.1) is 0 Å². The second kappa shape index (κ2) is 7.98. The lowest BCUT2D eigenvalue weighted by atomic mass is 9.75. The Balaban J connectivity index is 2.01. The van der Waals surface area contributed by atoms with Gasteiger partial charge in [0, 0.05) is 5.41 Å². The minimum absolute atomic E-state index is 0.0792. The molecule has 0 saturated carbocycles. The number of benzene rings is 2. The highest BCUT2D eigenvalue weighted by molar-refractivity contribution is 7.92. The van der Waals surface area contributed by atoms with Crippen molar-refractivity contribution in [1.29, 1.82) is 0 Å². The van der Waals surface area contributed by atoms with Gasteiger partial charge >= 0.3 is 12.1 Å². The largest absolute Gasteiger partial charge is 0.467 e. The summed E-state index contributed by atoms with van der Waals surface area (Å²) in [5, 5.41) is 0. The topological polar surface area (TPSA) is 93.2 Å². The first kappa shape index (κ1) is 21.9. The first-order valence-corrected chi connectivity index (χ1v) is 11.5. The van der Waals surface area contributed by atoms with Gasteiger partial charge in [-0.1, -0.05) is 42.5 Å². The van der Waals surface area contributed by atoms with E-state index in [9.17, 15) is 18.0 Å². The smallest absolute Gasteiger partial charge is 0.411 e. The number of ether oxygens (including phenoxy) is 2. The monoisotopic (exact) mass is 456 g/mol. The lowest BCUT2D eigenvalue weighted by Gasteiger charge is -2.37. The molecule has 4 rings (SSSR count). The van der Waals surface area contributed by atoms with E-state index < -0.39 is 39.7 Å². The molecule has 0 N–H and O–H groups in total. The van der Waals surface area contributed by atoms with Gasteiger partial charge in [0.2, 0.25) is 0 Å². The van der Waals surface area contributed by atoms with Gasteiger partial charge in [-0.15, -0.1) is 6.58 Å². The number of fused-ring (bicyclic) bond motifs is 3. The maximum absolute atomic E-state index is 13.9. The molecule has 2 aliphatic rings. The van der Waals surface area contributed by atoms with E-state index in [1.165, 1.54) is 35.6 Å². The number of rotatable bonds is 5. The van der Waals surface area contributed by atoms with Crippen molar-refractivity contribution < 1.29 is 27.5 Å². The van der Waals surface area contributed by atoms with Gasteiger partial charge in [0.25, 0.3) is 10.0 Å². The van der Waals surface area contributed by atoms with E-state index in [0.717, 1.165) is 5.56 Å². The molecule has 3 atom stereocenters. The lowest BCUT2D eigenvalue weighted by molar-refractivity contribution is -0.145. The summed E-state index contributed by atoms with van der Waals surface area (Å²) >= 11 is 0. The number of nitrogens with zero attached hydrogens (tertiary/aromatic N) is 2. The molecule has 3 unspecified atom stereocenters. The summed E-state index contributed by atoms with van der Waals surface area (Å²) in [6.07, 6.45) is 0.356. The molecule has 32 heavy (non-hydrogen) atoms. The van der Waals surface area contributed by atoms with Crippen molar-refractivity contribution in [2.45, 2.75) is 35.4 Å². The minimum atomic E-state index is -4.10. The van der Waals surface area contributed by atoms with Crippen LogP contribution >= 0.6 is 0 Å². The molecule has 2 aromatic carbocycles. The van der Waals surface area contributed by atoms with Crippen molar-refractivity contribution >= 4 is 27.8 Å². The number of carbonyl (C=O) groups is 2. The van der Waals surface area contributed by atoms with Crippen molar-refractivity contribution in [3.05, 3.63) is 72.8 Å². The Hall–Kier alpha value is -3.33. The quantitative estimate of drug-likeness (QED) is 0.507. The van der Waals surface area contributed by atoms with Crippen LogP contribution in [0.3, 0.4) is 0 Å². The van der Waals surface area contributed by atoms with Gasteiger partial charge in [-0.2, -0.15) is 0 Å². The van der Waals surface area contributed by atoms with Gasteiger partial charge in [0.15, 0.2) is 0 Å². The number of allylic oxidation sites excluding steroid dienone is 1. The summed E-state index contributed by atoms with van der Waals surface area (Å²) in [6, 6.07) is 14.1. The number of para-hydroxylation sites is 1. The number of likely N-dealkylation sites (tertiary alicyclic amines) is 1. The zero-order valence-electron chi connectivity index (χ0n) is 17.8. The lowest BCUT2D eigenvalue weighted by Crippen LogP contribution is -2.56. The van der Waals surface area contributed by atoms with Gasteiger partial charge in [-0.25, -0.2) is 22.3 Å². The fourth-order valence-corrected chi connectivity index (χ4v) is 6.69. The SMILES string of the molecule is C=CCC12CC(C(=O)OC)N(C(=O)OC)C1N(S(=O)(=O)c1ccccc1)c1ccccc12. The predicted molar refractivity (Wildman–Crippen MR) is 117 cm³/mol. The zero-order chi connectivity index (χ0) is 23.1. The number of esters is 1. The third kappa shape index (κ3) is 2.99. The Kier molecular flexibility index (Phi) is 5.46. The van der Waals surface area contributed by atoms with Crippen molar-refractivity contribution in [2.75, 3.05) is 18.5 Å². The number of anilines is 1. The molecule has 1 saturated heterocycles. The third-order valence-electron chi connectivity index (χ3n) is 6.22. The van der Waals surface area contributed by atoms with Gasteiger partial charge in [0.1, 0.15) is 12.2 Å². The number of amides is 1. The first-order chi connectivity index (χ1) is 15.3. The molecule has 1 amide bonds. The highest BCUT2D eigenvalue weighted by Crippen LogP contribution is 2.57. The molecule has 0 spiro atoms. The predicted octanol–water partition coefficient (Wildman–Crippen LogP) is 3.05. The molecule has 168 valence electrons. The van der Waals surface area contributed by atoms with Gasteiger partial charge in [-0.05, 0) is 36.6 Å². The van der Waals surface area contributed by atoms with Crippen LogP contribution in [-0.2, 0) is 29.7 Å². The molecule has 2 aliphatic heterocycles. The van der Waals surface area contributed by atoms with Crippen molar-refractivity contribution in [1.82, 2.24) is 4.90 Å². The Morgan fingerprint density at radius 2 is 1.75 bits per heavy atom. The molecule has 0 aromatic heterocycles. The number of sulfonamides is 1. The van der Waals surface area contributed by atoms with Crippen molar-refractivity contribution in [2.24, 2.45) is 0 Å². The molecule has 0 radical (unpaired) electrons. The number of methoxy groups -OCH3 is 2. The van der Waals surface area contributed by atoms with Gasteiger partial charge in [-0.3, -0.25) is 4.90 Å². The van der Waals surface area contributed by atoms with Gasteiger partial charge in [0.05, 0.1) is 24.8 Å². The average molecular weight is 457 g/mol. The molecular formula is C23H24N2O6S. The fourth-order valence-electron chi connectivity index (χ4n) is 4.98. The van der Waals surface area contributed by atoms with E-state index in [-0.39, 0.29) is 11.3 Å². The Bertz CT molecular complexity index is 1170. The van der Waals surface area contributed by atoms with Crippen LogP contribution in [0.2, 0.25) is 0 Å². The van der Waals surface area contributed by atoms with E-state index in [4.69, 9.17) is 9.47 Å². The van der Waals surface area contributed by atoms with Crippen LogP contribution in [0.5, 0.6) is 0 Å². The molecule has 2 aromatic rings. The van der Waals surface area contributed by atoms with Gasteiger partial charge < -0.3 is 9.47 Å². The van der Waals surface area contributed by atoms with Crippen molar-refractivity contribution in [3.63, 3.8) is 0 Å². The summed E-state index contributed by atoms with van der Waals surface area (Å²) in [6.45, 7) is 3.86. The standard InChI is InChI=1S/C23H24N2O6S/c1-4-14-23-15-19(20(26)30-2)24(22(27)31-3)21(23)25(18-13-9-8-12-17(18)23)32(28,29)16-10-6-5-7-11-16/h4-13,19,21H,1,14-15H2,2-3H3. The van der Waals surface area contributed by atoms with E-state index in [1.807, 2.05) is 12.1 Å². The van der Waals surface area contributed by atoms with E-state index >= 15 is 0 Å². The minimum Gasteiger partial charge on any atom is -0.467 e. The Labute approximate surface area is 187 Å². The second-order valence-electron chi connectivity index (χ2n) is 7.77. The van der Waals surface area contributed by atoms with E-state index in [0.29, 0.717) is 12.1 Å². The van der Waals surface area contributed by atoms with Crippen LogP contribution in [0.25, 0.3) is 0 Å². The highest BCUT2D eigenvalue weighted by atomic mass is 32.2. The summed E-state index contributed by atoms with van der Waals surface area (Å²) in [5.74, 6) is -0.636. The first-order valence-electron chi connectivity index (χ1n) is 10.1. The van der Waals surface area contributed by atoms with E-state index in [2.05, 4.69) is 6.58 Å². The van der Waals surface area contributed by atoms with Crippen LogP contribution < -0.4 is 4.31 Å². The summed E-state index contributed by atoms with van der Waals surface area (Å²) in [5.41, 5.74) is 0.290. The molecule has 1 fully saturated rings. The van der Waals surface area contributed by atoms with Crippen LogP contribution in [0.1, 0.15) is 18.4 Å². The molecule has 2 heterocycles. The van der Waals surface area contributed by atoms with Crippen LogP contribution in [0.4, 0.5) is 10.5 Å². The molecular weight excluding hydrogens is 432 g/mol. The Morgan fingerprint density at radius 1 is 1.09 bits per heavy atom. The summed E-state index contributed by atoms with van der Waals surface area (Å²) in [7, 11) is -1.66. The molecule has 0 aliphatic carbocycles. The van der Waals surface area contributed by atoms with Crippen molar-refractivity contribution in [3.8, 4) is 0 Å². The summed E-state index contributed by atoms with van der Waals surface area (Å²) in [4.78, 5) is 26.9. The average Bonchev–Trinajstić information content (AvgIpc) is 3.28. The Morgan fingerprint density at radius 3 is 2.38 bits per heavy atom. The molecule has 0 bridgehead atoms. The maximum atomic E-state index is 13.9. The highest BCUT2D eigenvalue weighted by Gasteiger charge is 2.65. The zero-order valence-corrected chi connectivity index (χ0v) is 18.6. The summed E-state index contributed by atoms with van der Waals surface area (Å²) < 4.78 is 39.0. The van der Waals surface area contributed by atoms with Crippen LogP contribution in [-0.4, -0.2) is 51.8 Å². The molecule has 8 nitrogen and oxygen atoms in total. The third-order valence-corrected chi connectivity index (χ3v) is 8.00. The number of carbonyl (C=O) groups excluding carboxylic acids is 2. The van der Waals surface area contributed by atoms with Crippen LogP contribution in [0.15, 0.2) is 72.1 Å². The fraction of sp³-hybridized carbons (Fsp3) is 0.304. The van der Waals surface area contributed by atoms with E-state index in [1.54, 1.807) is 36.4 Å². The number of hydrogen-bond acceptors (Lipinski definition) is 6. The maximum Gasteiger partial charge on any atom is 0.411 e. The normalized spacial score (nSPS) is 23.9. The number of hydrogen-bond donors (Lipinski definition) is 0. The molecule has 9 heteroatoms.